The summed E-state index contributed by atoms with van der Waals surface area (Å²) in [4.78, 5) is 38.5. The molecule has 0 unspecified atom stereocenters. The Morgan fingerprint density at radius 3 is 2.47 bits per heavy atom. The van der Waals surface area contributed by atoms with Crippen molar-refractivity contribution in [3.63, 3.8) is 0 Å². The van der Waals surface area contributed by atoms with Crippen molar-refractivity contribution >= 4 is 28.7 Å². The van der Waals surface area contributed by atoms with Gasteiger partial charge in [0.25, 0.3) is 0 Å². The van der Waals surface area contributed by atoms with E-state index in [2.05, 4.69) is 5.32 Å². The van der Waals surface area contributed by atoms with E-state index in [1.54, 1.807) is 0 Å². The molecule has 1 saturated heterocycles. The Kier molecular flexibility index (Phi) is 8.34. The fourth-order valence-electron chi connectivity index (χ4n) is 3.38. The number of hydrogen-bond acceptors (Lipinski definition) is 4. The highest BCUT2D eigenvalue weighted by Gasteiger charge is 2.34. The van der Waals surface area contributed by atoms with Crippen LogP contribution in [0.2, 0.25) is 0 Å². The van der Waals surface area contributed by atoms with E-state index in [9.17, 15) is 27.6 Å². The van der Waals surface area contributed by atoms with Gasteiger partial charge in [0, 0.05) is 42.3 Å². The van der Waals surface area contributed by atoms with Crippen LogP contribution in [0, 0.1) is 23.4 Å². The number of carbonyl (C=O) groups excluding carboxylic acids is 3. The first-order chi connectivity index (χ1) is 14.0. The second-order valence-electron chi connectivity index (χ2n) is 8.05. The summed E-state index contributed by atoms with van der Waals surface area (Å²) in [5.74, 6) is -4.31. The van der Waals surface area contributed by atoms with E-state index in [4.69, 9.17) is 0 Å². The van der Waals surface area contributed by atoms with E-state index in [0.717, 1.165) is 17.8 Å². The van der Waals surface area contributed by atoms with Crippen LogP contribution in [0.15, 0.2) is 12.1 Å². The van der Waals surface area contributed by atoms with Crippen LogP contribution in [0.25, 0.3) is 0 Å². The summed E-state index contributed by atoms with van der Waals surface area (Å²) in [5, 5.41) is 2.69. The van der Waals surface area contributed by atoms with E-state index in [1.165, 1.54) is 4.90 Å². The summed E-state index contributed by atoms with van der Waals surface area (Å²) < 4.78 is 41.0. The predicted molar refractivity (Wildman–Crippen MR) is 109 cm³/mol. The molecule has 30 heavy (non-hydrogen) atoms. The standard InChI is InChI=1S/C21H27F3N2O3S/c1-11(2)20(21(29)30-12(3)4)25-17(27)9-15-5-6-18(28)26(15)10-13-7-14(22)8-16(23)19(13)24/h7-8,11-12,15,20H,5-6,9-10H2,1-4H3,(H,25,27)/t15-,20-/m0/s1. The molecule has 0 spiro atoms. The SMILES string of the molecule is CC(C)SC(=O)[C@@H](NC(=O)C[C@@H]1CCC(=O)N1Cc1cc(F)cc(F)c1F)C(C)C. The van der Waals surface area contributed by atoms with Crippen molar-refractivity contribution in [1.82, 2.24) is 10.2 Å². The average molecular weight is 445 g/mol. The quantitative estimate of drug-likeness (QED) is 0.620. The Morgan fingerprint density at radius 1 is 1.20 bits per heavy atom. The van der Waals surface area contributed by atoms with Crippen LogP contribution >= 0.6 is 11.8 Å². The van der Waals surface area contributed by atoms with Gasteiger partial charge in [0.2, 0.25) is 16.9 Å². The Labute approximate surface area is 178 Å². The van der Waals surface area contributed by atoms with Crippen LogP contribution in [-0.2, 0) is 20.9 Å². The fourth-order valence-corrected chi connectivity index (χ4v) is 4.32. The van der Waals surface area contributed by atoms with Crippen molar-refractivity contribution in [3.05, 3.63) is 35.1 Å². The third-order valence-corrected chi connectivity index (χ3v) is 5.83. The molecule has 1 aromatic carbocycles. The minimum absolute atomic E-state index is 0.0754. The number of likely N-dealkylation sites (tertiary alicyclic amines) is 1. The molecule has 1 fully saturated rings. The third-order valence-electron chi connectivity index (χ3n) is 4.87. The number of benzene rings is 1. The Bertz CT molecular complexity index is 817. The van der Waals surface area contributed by atoms with Gasteiger partial charge in [0.05, 0.1) is 0 Å². The molecule has 0 aromatic heterocycles. The van der Waals surface area contributed by atoms with E-state index < -0.39 is 35.4 Å². The number of hydrogen-bond donors (Lipinski definition) is 1. The second-order valence-corrected chi connectivity index (χ2v) is 9.63. The molecule has 1 heterocycles. The van der Waals surface area contributed by atoms with Gasteiger partial charge in [-0.25, -0.2) is 13.2 Å². The fraction of sp³-hybridized carbons (Fsp3) is 0.571. The molecule has 1 aromatic rings. The molecular formula is C21H27F3N2O3S. The zero-order valence-electron chi connectivity index (χ0n) is 17.5. The van der Waals surface area contributed by atoms with Crippen LogP contribution in [0.3, 0.4) is 0 Å². The molecule has 2 amide bonds. The van der Waals surface area contributed by atoms with Gasteiger partial charge in [-0.3, -0.25) is 14.4 Å². The number of nitrogens with zero attached hydrogens (tertiary/aromatic N) is 1. The molecule has 0 bridgehead atoms. The molecule has 166 valence electrons. The van der Waals surface area contributed by atoms with Crippen molar-refractivity contribution in [2.45, 2.75) is 70.8 Å². The largest absolute Gasteiger partial charge is 0.345 e. The third kappa shape index (κ3) is 6.23. The molecule has 1 N–H and O–H groups in total. The summed E-state index contributed by atoms with van der Waals surface area (Å²) in [7, 11) is 0. The van der Waals surface area contributed by atoms with Crippen LogP contribution in [0.1, 0.15) is 52.5 Å². The molecule has 1 aliphatic heterocycles. The highest BCUT2D eigenvalue weighted by molar-refractivity contribution is 8.14. The van der Waals surface area contributed by atoms with Crippen molar-refractivity contribution < 1.29 is 27.6 Å². The summed E-state index contributed by atoms with van der Waals surface area (Å²) >= 11 is 1.15. The van der Waals surface area contributed by atoms with Crippen LogP contribution in [0.4, 0.5) is 13.2 Å². The summed E-state index contributed by atoms with van der Waals surface area (Å²) in [5.41, 5.74) is -0.281. The highest BCUT2D eigenvalue weighted by Crippen LogP contribution is 2.26. The van der Waals surface area contributed by atoms with Gasteiger partial charge in [0.1, 0.15) is 11.9 Å². The normalized spacial score (nSPS) is 17.7. The van der Waals surface area contributed by atoms with Gasteiger partial charge in [-0.15, -0.1) is 0 Å². The monoisotopic (exact) mass is 444 g/mol. The van der Waals surface area contributed by atoms with E-state index in [0.29, 0.717) is 12.5 Å². The Balaban J connectivity index is 2.08. The second kappa shape index (κ2) is 10.3. The number of nitrogens with one attached hydrogen (secondary N) is 1. The first-order valence-electron chi connectivity index (χ1n) is 9.92. The minimum Gasteiger partial charge on any atom is -0.345 e. The zero-order chi connectivity index (χ0) is 22.6. The van der Waals surface area contributed by atoms with Crippen molar-refractivity contribution in [1.29, 1.82) is 0 Å². The topological polar surface area (TPSA) is 66.5 Å². The van der Waals surface area contributed by atoms with E-state index in [1.807, 2.05) is 27.7 Å². The molecule has 9 heteroatoms. The lowest BCUT2D eigenvalue weighted by atomic mass is 10.0. The Hall–Kier alpha value is -2.03. The summed E-state index contributed by atoms with van der Waals surface area (Å²) in [6, 6.07) is 0.0834. The highest BCUT2D eigenvalue weighted by atomic mass is 32.2. The average Bonchev–Trinajstić information content (AvgIpc) is 2.96. The number of carbonyl (C=O) groups is 3. The van der Waals surface area contributed by atoms with Crippen molar-refractivity contribution in [3.8, 4) is 0 Å². The van der Waals surface area contributed by atoms with Gasteiger partial charge >= 0.3 is 0 Å². The summed E-state index contributed by atoms with van der Waals surface area (Å²) in [6.07, 6.45) is 0.452. The number of thioether (sulfide) groups is 1. The molecule has 0 aliphatic carbocycles. The van der Waals surface area contributed by atoms with Gasteiger partial charge in [0.15, 0.2) is 11.6 Å². The lowest BCUT2D eigenvalue weighted by molar-refractivity contribution is -0.131. The molecule has 1 aliphatic rings. The Morgan fingerprint density at radius 2 is 1.87 bits per heavy atom. The van der Waals surface area contributed by atoms with Crippen LogP contribution < -0.4 is 5.32 Å². The molecule has 0 radical (unpaired) electrons. The number of amides is 2. The van der Waals surface area contributed by atoms with Gasteiger partial charge in [-0.1, -0.05) is 39.5 Å². The van der Waals surface area contributed by atoms with Crippen LogP contribution in [0.5, 0.6) is 0 Å². The van der Waals surface area contributed by atoms with Gasteiger partial charge < -0.3 is 10.2 Å². The number of halogens is 3. The lowest BCUT2D eigenvalue weighted by Crippen LogP contribution is -2.46. The van der Waals surface area contributed by atoms with Crippen molar-refractivity contribution in [2.75, 3.05) is 0 Å². The van der Waals surface area contributed by atoms with E-state index >= 15 is 0 Å². The number of rotatable bonds is 8. The van der Waals surface area contributed by atoms with Gasteiger partial charge in [-0.2, -0.15) is 0 Å². The molecule has 2 rings (SSSR count). The lowest BCUT2D eigenvalue weighted by Gasteiger charge is -2.27. The van der Waals surface area contributed by atoms with Gasteiger partial charge in [-0.05, 0) is 18.4 Å². The maximum absolute atomic E-state index is 14.0. The molecule has 2 atom stereocenters. The van der Waals surface area contributed by atoms with Crippen LogP contribution in [-0.4, -0.2) is 39.2 Å². The molecular weight excluding hydrogens is 417 g/mol. The zero-order valence-corrected chi connectivity index (χ0v) is 18.3. The van der Waals surface area contributed by atoms with E-state index in [-0.39, 0.29) is 47.1 Å². The first kappa shape index (κ1) is 24.2. The predicted octanol–water partition coefficient (Wildman–Crippen LogP) is 3.79. The summed E-state index contributed by atoms with van der Waals surface area (Å²) in [6.45, 7) is 7.11. The minimum atomic E-state index is -1.33. The first-order valence-corrected chi connectivity index (χ1v) is 10.8. The van der Waals surface area contributed by atoms with Crippen molar-refractivity contribution in [2.24, 2.45) is 5.92 Å². The molecule has 0 saturated carbocycles. The maximum atomic E-state index is 14.0. The smallest absolute Gasteiger partial charge is 0.223 e. The maximum Gasteiger partial charge on any atom is 0.223 e. The molecule has 5 nitrogen and oxygen atoms in total.